The lowest BCUT2D eigenvalue weighted by Crippen LogP contribution is -2.30. The van der Waals surface area contributed by atoms with Crippen molar-refractivity contribution in [3.63, 3.8) is 0 Å². The fourth-order valence-electron chi connectivity index (χ4n) is 1.95. The monoisotopic (exact) mass is 435 g/mol. The second-order valence-corrected chi connectivity index (χ2v) is 8.20. The minimum absolute atomic E-state index is 0.261. The molecule has 0 radical (unpaired) electrons. The maximum absolute atomic E-state index is 12.8. The van der Waals surface area contributed by atoms with Crippen molar-refractivity contribution in [2.75, 3.05) is 6.54 Å². The van der Waals surface area contributed by atoms with E-state index in [4.69, 9.17) is 0 Å². The van der Waals surface area contributed by atoms with Crippen LogP contribution in [-0.2, 0) is 23.6 Å². The first kappa shape index (κ1) is 16.7. The Bertz CT molecular complexity index is 744. The molecule has 8 heteroatoms. The fraction of sp³-hybridized carbons (Fsp3) is 0.308. The number of hydrogen-bond acceptors (Lipinski definition) is 3. The van der Waals surface area contributed by atoms with Gasteiger partial charge in [0.2, 0.25) is 10.0 Å². The molecular weight excluding hydrogens is 422 g/mol. The second kappa shape index (κ2) is 6.60. The van der Waals surface area contributed by atoms with Gasteiger partial charge in [0.05, 0.1) is 11.1 Å². The topological polar surface area (TPSA) is 55.2 Å². The van der Waals surface area contributed by atoms with Gasteiger partial charge < -0.3 is 0 Å². The van der Waals surface area contributed by atoms with Gasteiger partial charge in [-0.2, -0.15) is 9.40 Å². The van der Waals surface area contributed by atoms with Crippen molar-refractivity contribution >= 4 is 41.9 Å². The number of hydrogen-bond donors (Lipinski definition) is 0. The highest BCUT2D eigenvalue weighted by molar-refractivity contribution is 9.11. The van der Waals surface area contributed by atoms with Crippen LogP contribution in [0, 0.1) is 0 Å². The van der Waals surface area contributed by atoms with E-state index in [0.29, 0.717) is 17.6 Å². The molecule has 0 amide bonds. The Kier molecular flexibility index (Phi) is 5.24. The van der Waals surface area contributed by atoms with Crippen LogP contribution in [0.2, 0.25) is 0 Å². The average molecular weight is 437 g/mol. The minimum atomic E-state index is -3.56. The molecule has 0 saturated heterocycles. The predicted molar refractivity (Wildman–Crippen MR) is 88.3 cm³/mol. The van der Waals surface area contributed by atoms with Crippen LogP contribution in [0.15, 0.2) is 44.4 Å². The zero-order chi connectivity index (χ0) is 15.6. The molecular formula is C13H15Br2N3O2S. The first-order chi connectivity index (χ1) is 9.84. The highest BCUT2D eigenvalue weighted by Crippen LogP contribution is 2.28. The predicted octanol–water partition coefficient (Wildman–Crippen LogP) is 3.16. The zero-order valence-electron chi connectivity index (χ0n) is 11.6. The third-order valence-corrected chi connectivity index (χ3v) is 6.37. The maximum atomic E-state index is 12.8. The van der Waals surface area contributed by atoms with Crippen molar-refractivity contribution in [3.8, 4) is 0 Å². The highest BCUT2D eigenvalue weighted by atomic mass is 79.9. The number of rotatable bonds is 5. The van der Waals surface area contributed by atoms with Crippen molar-refractivity contribution in [3.05, 3.63) is 45.1 Å². The van der Waals surface area contributed by atoms with E-state index in [1.807, 2.05) is 13.1 Å². The summed E-state index contributed by atoms with van der Waals surface area (Å²) in [6.07, 6.45) is 3.49. The molecule has 0 spiro atoms. The van der Waals surface area contributed by atoms with E-state index in [-0.39, 0.29) is 4.90 Å². The molecule has 2 rings (SSSR count). The van der Waals surface area contributed by atoms with Gasteiger partial charge in [-0.1, -0.05) is 22.9 Å². The Morgan fingerprint density at radius 3 is 2.57 bits per heavy atom. The molecule has 1 aromatic carbocycles. The summed E-state index contributed by atoms with van der Waals surface area (Å²) in [5.41, 5.74) is 0.858. The van der Waals surface area contributed by atoms with Crippen molar-refractivity contribution in [1.29, 1.82) is 0 Å². The third kappa shape index (κ3) is 3.74. The molecule has 0 aliphatic heterocycles. The largest absolute Gasteiger partial charge is 0.275 e. The lowest BCUT2D eigenvalue weighted by atomic mass is 10.3. The quantitative estimate of drug-likeness (QED) is 0.723. The van der Waals surface area contributed by atoms with Crippen LogP contribution in [0.5, 0.6) is 0 Å². The summed E-state index contributed by atoms with van der Waals surface area (Å²) in [7, 11) is -1.75. The summed E-state index contributed by atoms with van der Waals surface area (Å²) in [6.45, 7) is 2.51. The molecule has 0 unspecified atom stereocenters. The summed E-state index contributed by atoms with van der Waals surface area (Å²) in [6, 6.07) is 5.04. The summed E-state index contributed by atoms with van der Waals surface area (Å²) >= 11 is 6.64. The molecule has 0 bridgehead atoms. The highest BCUT2D eigenvalue weighted by Gasteiger charge is 2.25. The number of benzene rings is 1. The molecule has 0 aliphatic rings. The van der Waals surface area contributed by atoms with Crippen LogP contribution in [0.4, 0.5) is 0 Å². The molecule has 0 fully saturated rings. The summed E-state index contributed by atoms with van der Waals surface area (Å²) in [5, 5.41) is 4.07. The van der Waals surface area contributed by atoms with Gasteiger partial charge in [0.25, 0.3) is 0 Å². The molecule has 2 aromatic rings. The Labute approximate surface area is 141 Å². The van der Waals surface area contributed by atoms with E-state index in [2.05, 4.69) is 37.0 Å². The smallest absolute Gasteiger partial charge is 0.244 e. The van der Waals surface area contributed by atoms with E-state index in [1.54, 1.807) is 36.1 Å². The van der Waals surface area contributed by atoms with Crippen molar-refractivity contribution in [2.45, 2.75) is 18.4 Å². The maximum Gasteiger partial charge on any atom is 0.244 e. The first-order valence-corrected chi connectivity index (χ1v) is 9.30. The van der Waals surface area contributed by atoms with Gasteiger partial charge >= 0.3 is 0 Å². The van der Waals surface area contributed by atoms with Crippen LogP contribution in [0.25, 0.3) is 0 Å². The molecule has 0 atom stereocenters. The van der Waals surface area contributed by atoms with E-state index < -0.39 is 10.0 Å². The van der Waals surface area contributed by atoms with Gasteiger partial charge in [0.1, 0.15) is 0 Å². The lowest BCUT2D eigenvalue weighted by molar-refractivity contribution is 0.423. The second-order valence-electron chi connectivity index (χ2n) is 4.53. The molecule has 0 N–H and O–H groups in total. The molecule has 5 nitrogen and oxygen atoms in total. The van der Waals surface area contributed by atoms with Crippen LogP contribution >= 0.6 is 31.9 Å². The normalized spacial score (nSPS) is 12.0. The SMILES string of the molecule is CCN(Cc1cnn(C)c1)S(=O)(=O)c1ccc(Br)cc1Br. The van der Waals surface area contributed by atoms with Gasteiger partial charge in [-0.25, -0.2) is 8.42 Å². The van der Waals surface area contributed by atoms with Gasteiger partial charge in [0, 0.05) is 40.8 Å². The van der Waals surface area contributed by atoms with Gasteiger partial charge in [0.15, 0.2) is 0 Å². The molecule has 114 valence electrons. The minimum Gasteiger partial charge on any atom is -0.275 e. The standard InChI is InChI=1S/C13H15Br2N3O2S/c1-3-18(9-10-7-16-17(2)8-10)21(19,20)13-5-4-11(14)6-12(13)15/h4-8H,3,9H2,1-2H3. The Morgan fingerprint density at radius 1 is 1.33 bits per heavy atom. The van der Waals surface area contributed by atoms with E-state index in [1.165, 1.54) is 4.31 Å². The molecule has 21 heavy (non-hydrogen) atoms. The van der Waals surface area contributed by atoms with Crippen molar-refractivity contribution < 1.29 is 8.42 Å². The van der Waals surface area contributed by atoms with Crippen molar-refractivity contribution in [1.82, 2.24) is 14.1 Å². The van der Waals surface area contributed by atoms with Crippen LogP contribution in [-0.4, -0.2) is 29.0 Å². The summed E-state index contributed by atoms with van der Waals surface area (Å²) in [4.78, 5) is 0.261. The van der Waals surface area contributed by atoms with Gasteiger partial charge in [-0.05, 0) is 34.1 Å². The number of aryl methyl sites for hydroxylation is 1. The number of nitrogens with zero attached hydrogens (tertiary/aromatic N) is 3. The lowest BCUT2D eigenvalue weighted by Gasteiger charge is -2.20. The average Bonchev–Trinajstić information content (AvgIpc) is 2.80. The molecule has 0 saturated carbocycles. The number of sulfonamides is 1. The fourth-order valence-corrected chi connectivity index (χ4v) is 5.09. The zero-order valence-corrected chi connectivity index (χ0v) is 15.6. The Balaban J connectivity index is 2.35. The number of halogens is 2. The molecule has 1 heterocycles. The summed E-state index contributed by atoms with van der Waals surface area (Å²) < 4.78 is 30.0. The van der Waals surface area contributed by atoms with E-state index >= 15 is 0 Å². The van der Waals surface area contributed by atoms with Crippen LogP contribution in [0.3, 0.4) is 0 Å². The summed E-state index contributed by atoms with van der Waals surface area (Å²) in [5.74, 6) is 0. The first-order valence-electron chi connectivity index (χ1n) is 6.27. The van der Waals surface area contributed by atoms with E-state index in [0.717, 1.165) is 10.0 Å². The molecule has 1 aromatic heterocycles. The Morgan fingerprint density at radius 2 is 2.05 bits per heavy atom. The van der Waals surface area contributed by atoms with Gasteiger partial charge in [-0.15, -0.1) is 0 Å². The van der Waals surface area contributed by atoms with Crippen molar-refractivity contribution in [2.24, 2.45) is 7.05 Å². The van der Waals surface area contributed by atoms with Gasteiger partial charge in [-0.3, -0.25) is 4.68 Å². The van der Waals surface area contributed by atoms with E-state index in [9.17, 15) is 8.42 Å². The van der Waals surface area contributed by atoms with Crippen LogP contribution in [0.1, 0.15) is 12.5 Å². The number of aromatic nitrogens is 2. The molecule has 0 aliphatic carbocycles. The Hall–Kier alpha value is -0.700. The van der Waals surface area contributed by atoms with Crippen LogP contribution < -0.4 is 0 Å². The third-order valence-electron chi connectivity index (χ3n) is 2.98.